The van der Waals surface area contributed by atoms with Gasteiger partial charge in [0.2, 0.25) is 11.8 Å². The minimum Gasteiger partial charge on any atom is -0.383 e. The van der Waals surface area contributed by atoms with Gasteiger partial charge in [-0.1, -0.05) is 0 Å². The molecule has 0 aliphatic carbocycles. The Morgan fingerprint density at radius 1 is 1.29 bits per heavy atom. The number of methoxy groups -OCH3 is 1. The highest BCUT2D eigenvalue weighted by Crippen LogP contribution is 2.07. The average molecular weight is 301 g/mol. The Morgan fingerprint density at radius 2 is 2.00 bits per heavy atom. The largest absolute Gasteiger partial charge is 0.383 e. The second-order valence-electron chi connectivity index (χ2n) is 5.14. The van der Waals surface area contributed by atoms with Gasteiger partial charge in [-0.25, -0.2) is 0 Å². The number of nitrogens with one attached hydrogen (secondary N) is 3. The summed E-state index contributed by atoms with van der Waals surface area (Å²) in [6.45, 7) is 4.89. The Kier molecular flexibility index (Phi) is 8.96. The van der Waals surface area contributed by atoms with Gasteiger partial charge >= 0.3 is 0 Å². The average Bonchev–Trinajstić information content (AvgIpc) is 2.48. The van der Waals surface area contributed by atoms with Crippen molar-refractivity contribution in [3.8, 4) is 0 Å². The van der Waals surface area contributed by atoms with E-state index in [9.17, 15) is 9.59 Å². The van der Waals surface area contributed by atoms with E-state index in [-0.39, 0.29) is 24.3 Å². The van der Waals surface area contributed by atoms with E-state index >= 15 is 0 Å². The number of ether oxygens (including phenoxy) is 2. The molecule has 0 aromatic heterocycles. The summed E-state index contributed by atoms with van der Waals surface area (Å²) in [5.41, 5.74) is 0. The van der Waals surface area contributed by atoms with Crippen LogP contribution in [0.1, 0.15) is 26.2 Å². The molecule has 0 radical (unpaired) electrons. The molecular formula is C14H27N3O4. The maximum absolute atomic E-state index is 11.7. The predicted octanol–water partition coefficient (Wildman–Crippen LogP) is -0.588. The minimum absolute atomic E-state index is 0.168. The molecule has 1 atom stereocenters. The standard InChI is InChI=1S/C14H27N3O4/c1-11(14(19)16-8-10-20-2)17-13(18)5-9-21-12-3-6-15-7-4-12/h11-12,15H,3-10H2,1-2H3,(H,16,19)(H,17,18). The van der Waals surface area contributed by atoms with E-state index in [0.717, 1.165) is 25.9 Å². The molecule has 0 bridgehead atoms. The highest BCUT2D eigenvalue weighted by atomic mass is 16.5. The lowest BCUT2D eigenvalue weighted by atomic mass is 10.1. The summed E-state index contributed by atoms with van der Waals surface area (Å²) in [6.07, 6.45) is 2.49. The number of amides is 2. The van der Waals surface area contributed by atoms with E-state index in [4.69, 9.17) is 9.47 Å². The molecule has 7 nitrogen and oxygen atoms in total. The van der Waals surface area contributed by atoms with Crippen LogP contribution in [0.4, 0.5) is 0 Å². The van der Waals surface area contributed by atoms with Crippen molar-refractivity contribution >= 4 is 11.8 Å². The molecule has 1 aliphatic heterocycles. The third-order valence-electron chi connectivity index (χ3n) is 3.35. The van der Waals surface area contributed by atoms with Crippen molar-refractivity contribution in [2.24, 2.45) is 0 Å². The van der Waals surface area contributed by atoms with Crippen molar-refractivity contribution in [2.45, 2.75) is 38.3 Å². The maximum Gasteiger partial charge on any atom is 0.242 e. The highest BCUT2D eigenvalue weighted by Gasteiger charge is 2.16. The third kappa shape index (κ3) is 7.99. The summed E-state index contributed by atoms with van der Waals surface area (Å²) in [5, 5.41) is 8.60. The van der Waals surface area contributed by atoms with E-state index in [0.29, 0.717) is 19.8 Å². The van der Waals surface area contributed by atoms with E-state index in [1.165, 1.54) is 0 Å². The Bertz CT molecular complexity index is 319. The first-order chi connectivity index (χ1) is 10.1. The van der Waals surface area contributed by atoms with Gasteiger partial charge in [0.05, 0.1) is 19.3 Å². The number of piperidine rings is 1. The van der Waals surface area contributed by atoms with Crippen molar-refractivity contribution < 1.29 is 19.1 Å². The SMILES string of the molecule is COCCNC(=O)C(C)NC(=O)CCOC1CCNCC1. The monoisotopic (exact) mass is 301 g/mol. The molecule has 21 heavy (non-hydrogen) atoms. The molecule has 1 saturated heterocycles. The predicted molar refractivity (Wildman–Crippen MR) is 79.0 cm³/mol. The van der Waals surface area contributed by atoms with Gasteiger partial charge in [-0.15, -0.1) is 0 Å². The lowest BCUT2D eigenvalue weighted by Gasteiger charge is -2.23. The molecule has 7 heteroatoms. The molecule has 1 fully saturated rings. The normalized spacial score (nSPS) is 17.2. The molecule has 1 unspecified atom stereocenters. The number of rotatable bonds is 9. The molecule has 0 aromatic rings. The van der Waals surface area contributed by atoms with Crippen LogP contribution in [0.25, 0.3) is 0 Å². The van der Waals surface area contributed by atoms with Gasteiger partial charge < -0.3 is 25.4 Å². The van der Waals surface area contributed by atoms with Crippen LogP contribution < -0.4 is 16.0 Å². The third-order valence-corrected chi connectivity index (χ3v) is 3.35. The van der Waals surface area contributed by atoms with Gasteiger partial charge in [0.25, 0.3) is 0 Å². The molecule has 3 N–H and O–H groups in total. The Balaban J connectivity index is 2.09. The van der Waals surface area contributed by atoms with Gasteiger partial charge in [-0.2, -0.15) is 0 Å². The van der Waals surface area contributed by atoms with Gasteiger partial charge in [0.1, 0.15) is 6.04 Å². The number of carbonyl (C=O) groups is 2. The van der Waals surface area contributed by atoms with Crippen molar-refractivity contribution in [3.05, 3.63) is 0 Å². The van der Waals surface area contributed by atoms with E-state index in [2.05, 4.69) is 16.0 Å². The molecule has 2 amide bonds. The topological polar surface area (TPSA) is 88.7 Å². The van der Waals surface area contributed by atoms with Crippen LogP contribution in [0, 0.1) is 0 Å². The zero-order valence-corrected chi connectivity index (χ0v) is 12.9. The molecule has 1 aliphatic rings. The van der Waals surface area contributed by atoms with Crippen LogP contribution in [0.3, 0.4) is 0 Å². The quantitative estimate of drug-likeness (QED) is 0.496. The van der Waals surface area contributed by atoms with Crippen LogP contribution >= 0.6 is 0 Å². The Hall–Kier alpha value is -1.18. The summed E-state index contributed by atoms with van der Waals surface area (Å²) in [5.74, 6) is -0.377. The van der Waals surface area contributed by atoms with Crippen LogP contribution in [-0.4, -0.2) is 63.9 Å². The van der Waals surface area contributed by atoms with Crippen molar-refractivity contribution in [3.63, 3.8) is 0 Å². The van der Waals surface area contributed by atoms with Gasteiger partial charge in [-0.3, -0.25) is 9.59 Å². The van der Waals surface area contributed by atoms with Gasteiger partial charge in [0.15, 0.2) is 0 Å². The molecule has 1 heterocycles. The fourth-order valence-electron chi connectivity index (χ4n) is 2.09. The molecule has 122 valence electrons. The second kappa shape index (κ2) is 10.5. The summed E-state index contributed by atoms with van der Waals surface area (Å²) in [4.78, 5) is 23.4. The van der Waals surface area contributed by atoms with Crippen molar-refractivity contribution in [1.82, 2.24) is 16.0 Å². The van der Waals surface area contributed by atoms with Gasteiger partial charge in [0, 0.05) is 20.1 Å². The zero-order valence-electron chi connectivity index (χ0n) is 12.9. The van der Waals surface area contributed by atoms with E-state index in [1.54, 1.807) is 14.0 Å². The fraction of sp³-hybridized carbons (Fsp3) is 0.857. The second-order valence-corrected chi connectivity index (χ2v) is 5.14. The summed E-state index contributed by atoms with van der Waals surface area (Å²) in [7, 11) is 1.57. The van der Waals surface area contributed by atoms with E-state index in [1.807, 2.05) is 0 Å². The summed E-state index contributed by atoms with van der Waals surface area (Å²) >= 11 is 0. The van der Waals surface area contributed by atoms with Crippen LogP contribution in [-0.2, 0) is 19.1 Å². The lowest BCUT2D eigenvalue weighted by Crippen LogP contribution is -2.45. The van der Waals surface area contributed by atoms with Crippen LogP contribution in [0.5, 0.6) is 0 Å². The Morgan fingerprint density at radius 3 is 2.67 bits per heavy atom. The number of hydrogen-bond donors (Lipinski definition) is 3. The minimum atomic E-state index is -0.548. The fourth-order valence-corrected chi connectivity index (χ4v) is 2.09. The van der Waals surface area contributed by atoms with Crippen LogP contribution in [0.2, 0.25) is 0 Å². The first-order valence-corrected chi connectivity index (χ1v) is 7.51. The Labute approximate surface area is 126 Å². The molecule has 1 rings (SSSR count). The molecule has 0 saturated carbocycles. The summed E-state index contributed by atoms with van der Waals surface area (Å²) in [6, 6.07) is -0.548. The molecule has 0 spiro atoms. The number of hydrogen-bond acceptors (Lipinski definition) is 5. The molecular weight excluding hydrogens is 274 g/mol. The molecule has 0 aromatic carbocycles. The first kappa shape index (κ1) is 17.9. The summed E-state index contributed by atoms with van der Waals surface area (Å²) < 4.78 is 10.5. The zero-order chi connectivity index (χ0) is 15.5. The highest BCUT2D eigenvalue weighted by molar-refractivity contribution is 5.87. The van der Waals surface area contributed by atoms with Crippen molar-refractivity contribution in [1.29, 1.82) is 0 Å². The first-order valence-electron chi connectivity index (χ1n) is 7.51. The lowest BCUT2D eigenvalue weighted by molar-refractivity contribution is -0.129. The maximum atomic E-state index is 11.7. The van der Waals surface area contributed by atoms with Crippen molar-refractivity contribution in [2.75, 3.05) is 40.0 Å². The van der Waals surface area contributed by atoms with Crippen LogP contribution in [0.15, 0.2) is 0 Å². The smallest absolute Gasteiger partial charge is 0.242 e. The van der Waals surface area contributed by atoms with Gasteiger partial charge in [-0.05, 0) is 32.9 Å². The number of carbonyl (C=O) groups excluding carboxylic acids is 2. The van der Waals surface area contributed by atoms with E-state index < -0.39 is 6.04 Å².